The van der Waals surface area contributed by atoms with Crippen molar-refractivity contribution in [3.05, 3.63) is 0 Å². The molecule has 0 aromatic rings. The Hall–Kier alpha value is -0.610. The summed E-state index contributed by atoms with van der Waals surface area (Å²) in [5.41, 5.74) is -0.439. The second-order valence-electron chi connectivity index (χ2n) is 6.47. The minimum Gasteiger partial charge on any atom is -0.469 e. The Balaban J connectivity index is 1.79. The molecule has 0 bridgehead atoms. The van der Waals surface area contributed by atoms with Crippen molar-refractivity contribution in [3.63, 3.8) is 0 Å². The van der Waals surface area contributed by atoms with E-state index in [0.717, 1.165) is 12.6 Å². The summed E-state index contributed by atoms with van der Waals surface area (Å²) in [6.07, 6.45) is 3.92. The summed E-state index contributed by atoms with van der Waals surface area (Å²) in [6, 6.07) is 2.03. The normalized spacial score (nSPS) is 29.6. The van der Waals surface area contributed by atoms with Crippen molar-refractivity contribution in [2.45, 2.75) is 58.2 Å². The molecule has 18 heavy (non-hydrogen) atoms. The topological polar surface area (TPSA) is 41.6 Å². The molecule has 0 spiro atoms. The van der Waals surface area contributed by atoms with Crippen LogP contribution in [0.2, 0.25) is 0 Å². The van der Waals surface area contributed by atoms with E-state index >= 15 is 0 Å². The van der Waals surface area contributed by atoms with E-state index in [0.29, 0.717) is 18.6 Å². The molecule has 4 nitrogen and oxygen atoms in total. The maximum absolute atomic E-state index is 11.6. The van der Waals surface area contributed by atoms with Gasteiger partial charge in [0.2, 0.25) is 0 Å². The molecule has 104 valence electrons. The molecule has 1 saturated heterocycles. The molecule has 1 aliphatic carbocycles. The van der Waals surface area contributed by atoms with E-state index < -0.39 is 5.41 Å². The van der Waals surface area contributed by atoms with E-state index in [9.17, 15) is 4.79 Å². The molecular formula is C14H26N2O2. The lowest BCUT2D eigenvalue weighted by Gasteiger charge is -2.24. The summed E-state index contributed by atoms with van der Waals surface area (Å²) in [6.45, 7) is 8.00. The number of nitrogens with zero attached hydrogens (tertiary/aromatic N) is 1. The van der Waals surface area contributed by atoms with Gasteiger partial charge in [0, 0.05) is 31.2 Å². The first-order valence-electron chi connectivity index (χ1n) is 7.01. The van der Waals surface area contributed by atoms with Crippen LogP contribution in [0.3, 0.4) is 0 Å². The summed E-state index contributed by atoms with van der Waals surface area (Å²) in [4.78, 5) is 14.2. The van der Waals surface area contributed by atoms with Crippen LogP contribution in [0.15, 0.2) is 0 Å². The van der Waals surface area contributed by atoms with Crippen molar-refractivity contribution in [3.8, 4) is 0 Å². The molecule has 4 heteroatoms. The second kappa shape index (κ2) is 5.17. The molecule has 2 aliphatic rings. The van der Waals surface area contributed by atoms with Gasteiger partial charge in [-0.2, -0.15) is 0 Å². The zero-order chi connectivity index (χ0) is 13.3. The molecule has 2 unspecified atom stereocenters. The first-order chi connectivity index (χ1) is 8.44. The van der Waals surface area contributed by atoms with E-state index in [1.54, 1.807) is 0 Å². The summed E-state index contributed by atoms with van der Waals surface area (Å²) in [5, 5.41) is 3.54. The maximum Gasteiger partial charge on any atom is 0.312 e. The third-order valence-corrected chi connectivity index (χ3v) is 4.21. The van der Waals surface area contributed by atoms with Gasteiger partial charge in [-0.15, -0.1) is 0 Å². The predicted octanol–water partition coefficient (Wildman–Crippen LogP) is 1.40. The molecule has 2 rings (SSSR count). The van der Waals surface area contributed by atoms with Crippen LogP contribution in [-0.2, 0) is 9.53 Å². The highest BCUT2D eigenvalue weighted by atomic mass is 16.5. The molecule has 2 fully saturated rings. The van der Waals surface area contributed by atoms with Crippen LogP contribution < -0.4 is 5.32 Å². The molecule has 1 heterocycles. The number of hydrogen-bond acceptors (Lipinski definition) is 4. The van der Waals surface area contributed by atoms with Crippen molar-refractivity contribution < 1.29 is 9.53 Å². The Morgan fingerprint density at radius 2 is 2.11 bits per heavy atom. The van der Waals surface area contributed by atoms with Gasteiger partial charge in [-0.3, -0.25) is 9.69 Å². The van der Waals surface area contributed by atoms with Crippen molar-refractivity contribution in [1.29, 1.82) is 0 Å². The number of ether oxygens (including phenoxy) is 1. The summed E-state index contributed by atoms with van der Waals surface area (Å²) in [5.74, 6) is -0.139. The fraction of sp³-hybridized carbons (Fsp3) is 0.929. The van der Waals surface area contributed by atoms with Crippen molar-refractivity contribution in [2.75, 3.05) is 20.2 Å². The van der Waals surface area contributed by atoms with Gasteiger partial charge >= 0.3 is 5.97 Å². The number of likely N-dealkylation sites (tertiary alicyclic amines) is 1. The standard InChI is InChI=1S/C14H26N2O2/c1-10-7-11(8-16(10)12-5-6-12)15-9-14(2,3)13(17)18-4/h10-12,15H,5-9H2,1-4H3. The van der Waals surface area contributed by atoms with Gasteiger partial charge in [0.05, 0.1) is 12.5 Å². The van der Waals surface area contributed by atoms with Crippen LogP contribution in [0.4, 0.5) is 0 Å². The SMILES string of the molecule is COC(=O)C(C)(C)CNC1CC(C)N(C2CC2)C1. The Morgan fingerprint density at radius 3 is 2.67 bits per heavy atom. The first kappa shape index (κ1) is 13.8. The van der Waals surface area contributed by atoms with Gasteiger partial charge in [0.1, 0.15) is 0 Å². The third-order valence-electron chi connectivity index (χ3n) is 4.21. The lowest BCUT2D eigenvalue weighted by molar-refractivity contribution is -0.150. The van der Waals surface area contributed by atoms with Gasteiger partial charge in [-0.05, 0) is 40.0 Å². The number of rotatable bonds is 5. The second-order valence-corrected chi connectivity index (χ2v) is 6.47. The van der Waals surface area contributed by atoms with Crippen LogP contribution in [0.5, 0.6) is 0 Å². The number of carbonyl (C=O) groups is 1. The molecule has 0 aromatic carbocycles. The maximum atomic E-state index is 11.6. The first-order valence-corrected chi connectivity index (χ1v) is 7.01. The molecule has 1 N–H and O–H groups in total. The fourth-order valence-corrected chi connectivity index (χ4v) is 2.87. The minimum atomic E-state index is -0.439. The van der Waals surface area contributed by atoms with E-state index in [4.69, 9.17) is 4.74 Å². The van der Waals surface area contributed by atoms with Crippen molar-refractivity contribution >= 4 is 5.97 Å². The van der Waals surface area contributed by atoms with Crippen molar-refractivity contribution in [1.82, 2.24) is 10.2 Å². The minimum absolute atomic E-state index is 0.139. The summed E-state index contributed by atoms with van der Waals surface area (Å²) < 4.78 is 4.83. The zero-order valence-corrected chi connectivity index (χ0v) is 12.0. The van der Waals surface area contributed by atoms with E-state index in [1.165, 1.54) is 26.4 Å². The zero-order valence-electron chi connectivity index (χ0n) is 12.0. The molecule has 0 amide bonds. The van der Waals surface area contributed by atoms with Gasteiger partial charge < -0.3 is 10.1 Å². The number of esters is 1. The predicted molar refractivity (Wildman–Crippen MR) is 71.4 cm³/mol. The largest absolute Gasteiger partial charge is 0.469 e. The molecule has 0 aromatic heterocycles. The average Bonchev–Trinajstić information content (AvgIpc) is 3.10. The highest BCUT2D eigenvalue weighted by Gasteiger charge is 2.39. The van der Waals surface area contributed by atoms with Crippen LogP contribution in [-0.4, -0.2) is 49.2 Å². The molecule has 1 saturated carbocycles. The highest BCUT2D eigenvalue weighted by molar-refractivity contribution is 5.76. The van der Waals surface area contributed by atoms with Crippen LogP contribution in [0.1, 0.15) is 40.0 Å². The average molecular weight is 254 g/mol. The molecule has 1 aliphatic heterocycles. The van der Waals surface area contributed by atoms with Crippen LogP contribution in [0.25, 0.3) is 0 Å². The van der Waals surface area contributed by atoms with Gasteiger partial charge in [0.15, 0.2) is 0 Å². The Morgan fingerprint density at radius 1 is 1.44 bits per heavy atom. The monoisotopic (exact) mass is 254 g/mol. The van der Waals surface area contributed by atoms with Crippen LogP contribution in [0, 0.1) is 5.41 Å². The molecule has 0 radical (unpaired) electrons. The lowest BCUT2D eigenvalue weighted by atomic mass is 9.93. The molecular weight excluding hydrogens is 228 g/mol. The summed E-state index contributed by atoms with van der Waals surface area (Å²) >= 11 is 0. The Bertz CT molecular complexity index is 313. The summed E-state index contributed by atoms with van der Waals surface area (Å²) in [7, 11) is 1.45. The lowest BCUT2D eigenvalue weighted by Crippen LogP contribution is -2.42. The number of nitrogens with one attached hydrogen (secondary N) is 1. The van der Waals surface area contributed by atoms with Gasteiger partial charge in [0.25, 0.3) is 0 Å². The molecule has 2 atom stereocenters. The number of carbonyl (C=O) groups excluding carboxylic acids is 1. The van der Waals surface area contributed by atoms with Gasteiger partial charge in [-0.25, -0.2) is 0 Å². The van der Waals surface area contributed by atoms with Crippen LogP contribution >= 0.6 is 0 Å². The highest BCUT2D eigenvalue weighted by Crippen LogP contribution is 2.33. The Kier molecular flexibility index (Phi) is 3.97. The Labute approximate surface area is 110 Å². The smallest absolute Gasteiger partial charge is 0.312 e. The quantitative estimate of drug-likeness (QED) is 0.753. The fourth-order valence-electron chi connectivity index (χ4n) is 2.87. The van der Waals surface area contributed by atoms with Crippen molar-refractivity contribution in [2.24, 2.45) is 5.41 Å². The third kappa shape index (κ3) is 3.04. The van der Waals surface area contributed by atoms with E-state index in [-0.39, 0.29) is 5.97 Å². The number of methoxy groups -OCH3 is 1. The van der Waals surface area contributed by atoms with E-state index in [2.05, 4.69) is 17.1 Å². The van der Waals surface area contributed by atoms with E-state index in [1.807, 2.05) is 13.8 Å². The number of hydrogen-bond donors (Lipinski definition) is 1. The van der Waals surface area contributed by atoms with Gasteiger partial charge in [-0.1, -0.05) is 0 Å².